The van der Waals surface area contributed by atoms with Crippen molar-refractivity contribution in [3.05, 3.63) is 34.1 Å². The molecule has 1 rings (SSSR count). The van der Waals surface area contributed by atoms with Gasteiger partial charge in [0.25, 0.3) is 0 Å². The number of hydrogen-bond donors (Lipinski definition) is 1. The minimum absolute atomic E-state index is 0.297. The second kappa shape index (κ2) is 3.51. The summed E-state index contributed by atoms with van der Waals surface area (Å²) in [6.45, 7) is 0. The first kappa shape index (κ1) is 10.3. The summed E-state index contributed by atoms with van der Waals surface area (Å²) < 4.78 is 49.9. The molecule has 0 aliphatic carbocycles. The van der Waals surface area contributed by atoms with E-state index in [-0.39, 0.29) is 0 Å². The smallest absolute Gasteiger partial charge is 0.225 e. The minimum atomic E-state index is -2.78. The number of aliphatic hydroxyl groups is 1. The molecule has 0 bridgehead atoms. The van der Waals surface area contributed by atoms with Gasteiger partial charge in [-0.15, -0.1) is 0 Å². The standard InChI is InChI=1S/C7H3ClF4O/c8-4-3(9)1-2(7(12)13)5(10)6(4)11/h1,7,13H. The van der Waals surface area contributed by atoms with Gasteiger partial charge in [-0.1, -0.05) is 11.6 Å². The normalized spacial score (nSPS) is 13.1. The largest absolute Gasteiger partial charge is 0.360 e. The van der Waals surface area contributed by atoms with Gasteiger partial charge in [0.15, 0.2) is 11.6 Å². The van der Waals surface area contributed by atoms with Gasteiger partial charge in [-0.25, -0.2) is 17.6 Å². The van der Waals surface area contributed by atoms with Gasteiger partial charge in [-0.2, -0.15) is 0 Å². The van der Waals surface area contributed by atoms with Crippen LogP contribution in [0.25, 0.3) is 0 Å². The Labute approximate surface area is 75.6 Å². The predicted octanol–water partition coefficient (Wildman–Crippen LogP) is 2.72. The number of aliphatic hydroxyl groups excluding tert-OH is 1. The first-order valence-electron chi connectivity index (χ1n) is 3.10. The van der Waals surface area contributed by atoms with Gasteiger partial charge in [-0.3, -0.25) is 0 Å². The molecule has 0 heterocycles. The van der Waals surface area contributed by atoms with Crippen LogP contribution in [0.3, 0.4) is 0 Å². The molecule has 0 fully saturated rings. The number of hydrogen-bond acceptors (Lipinski definition) is 1. The van der Waals surface area contributed by atoms with Crippen molar-refractivity contribution in [3.8, 4) is 0 Å². The summed E-state index contributed by atoms with van der Waals surface area (Å²) in [4.78, 5) is 0. The monoisotopic (exact) mass is 214 g/mol. The van der Waals surface area contributed by atoms with Crippen LogP contribution in [-0.2, 0) is 0 Å². The maximum atomic E-state index is 12.7. The van der Waals surface area contributed by atoms with Crippen LogP contribution in [0.15, 0.2) is 6.07 Å². The van der Waals surface area contributed by atoms with Gasteiger partial charge in [0.1, 0.15) is 10.8 Å². The van der Waals surface area contributed by atoms with Crippen LogP contribution in [0.1, 0.15) is 11.9 Å². The van der Waals surface area contributed by atoms with Crippen molar-refractivity contribution in [2.75, 3.05) is 0 Å². The van der Waals surface area contributed by atoms with Crippen molar-refractivity contribution in [2.45, 2.75) is 6.36 Å². The topological polar surface area (TPSA) is 20.2 Å². The van der Waals surface area contributed by atoms with E-state index in [0.717, 1.165) is 0 Å². The number of rotatable bonds is 1. The van der Waals surface area contributed by atoms with E-state index in [4.69, 9.17) is 16.7 Å². The molecule has 0 aliphatic rings. The summed E-state index contributed by atoms with van der Waals surface area (Å²) in [6.07, 6.45) is -2.78. The average Bonchev–Trinajstić information content (AvgIpc) is 2.07. The SMILES string of the molecule is OC(F)c1cc(F)c(Cl)c(F)c1F. The zero-order valence-electron chi connectivity index (χ0n) is 5.99. The zero-order valence-corrected chi connectivity index (χ0v) is 6.75. The lowest BCUT2D eigenvalue weighted by Gasteiger charge is -2.05. The third-order valence-electron chi connectivity index (χ3n) is 1.39. The third kappa shape index (κ3) is 1.76. The van der Waals surface area contributed by atoms with Gasteiger partial charge >= 0.3 is 0 Å². The third-order valence-corrected chi connectivity index (χ3v) is 1.73. The lowest BCUT2D eigenvalue weighted by atomic mass is 10.2. The lowest BCUT2D eigenvalue weighted by molar-refractivity contribution is 0.0369. The Bertz CT molecular complexity index is 340. The molecule has 0 radical (unpaired) electrons. The molecular weight excluding hydrogens is 212 g/mol. The van der Waals surface area contributed by atoms with Crippen LogP contribution in [-0.4, -0.2) is 5.11 Å². The van der Waals surface area contributed by atoms with Crippen molar-refractivity contribution in [3.63, 3.8) is 0 Å². The Morgan fingerprint density at radius 2 is 1.77 bits per heavy atom. The van der Waals surface area contributed by atoms with Gasteiger partial charge in [0.05, 0.1) is 5.56 Å². The molecule has 6 heteroatoms. The molecule has 0 aromatic heterocycles. The van der Waals surface area contributed by atoms with E-state index in [1.807, 2.05) is 0 Å². The van der Waals surface area contributed by atoms with E-state index < -0.39 is 34.4 Å². The molecule has 0 spiro atoms. The van der Waals surface area contributed by atoms with Crippen molar-refractivity contribution in [1.29, 1.82) is 0 Å². The van der Waals surface area contributed by atoms with Crippen molar-refractivity contribution >= 4 is 11.6 Å². The second-order valence-electron chi connectivity index (χ2n) is 2.23. The molecule has 0 amide bonds. The average molecular weight is 215 g/mol. The predicted molar refractivity (Wildman–Crippen MR) is 37.4 cm³/mol. The van der Waals surface area contributed by atoms with Gasteiger partial charge < -0.3 is 5.11 Å². The van der Waals surface area contributed by atoms with E-state index in [9.17, 15) is 17.6 Å². The maximum absolute atomic E-state index is 12.7. The van der Waals surface area contributed by atoms with Crippen molar-refractivity contribution < 1.29 is 22.7 Å². The fourth-order valence-corrected chi connectivity index (χ4v) is 0.902. The molecular formula is C7H3ClF4O. The van der Waals surface area contributed by atoms with Crippen molar-refractivity contribution in [1.82, 2.24) is 0 Å². The highest BCUT2D eigenvalue weighted by Crippen LogP contribution is 2.27. The maximum Gasteiger partial charge on any atom is 0.225 e. The minimum Gasteiger partial charge on any atom is -0.360 e. The molecule has 1 unspecified atom stereocenters. The quantitative estimate of drug-likeness (QED) is 0.433. The van der Waals surface area contributed by atoms with E-state index in [1.165, 1.54) is 0 Å². The van der Waals surface area contributed by atoms with E-state index >= 15 is 0 Å². The van der Waals surface area contributed by atoms with E-state index in [1.54, 1.807) is 0 Å². The molecule has 0 saturated heterocycles. The Balaban J connectivity index is 3.41. The molecule has 1 aromatic rings. The van der Waals surface area contributed by atoms with Crippen LogP contribution in [0.5, 0.6) is 0 Å². The molecule has 1 aromatic carbocycles. The van der Waals surface area contributed by atoms with Gasteiger partial charge in [0.2, 0.25) is 6.36 Å². The van der Waals surface area contributed by atoms with Crippen molar-refractivity contribution in [2.24, 2.45) is 0 Å². The summed E-state index contributed by atoms with van der Waals surface area (Å²) in [5.74, 6) is -4.73. The summed E-state index contributed by atoms with van der Waals surface area (Å²) in [5.41, 5.74) is -1.11. The highest BCUT2D eigenvalue weighted by molar-refractivity contribution is 6.30. The van der Waals surface area contributed by atoms with Crippen LogP contribution in [0.4, 0.5) is 17.6 Å². The van der Waals surface area contributed by atoms with Gasteiger partial charge in [-0.05, 0) is 6.07 Å². The van der Waals surface area contributed by atoms with Crippen LogP contribution >= 0.6 is 11.6 Å². The van der Waals surface area contributed by atoms with E-state index in [2.05, 4.69) is 0 Å². The van der Waals surface area contributed by atoms with Crippen LogP contribution in [0, 0.1) is 17.5 Å². The molecule has 1 atom stereocenters. The second-order valence-corrected chi connectivity index (χ2v) is 2.60. The van der Waals surface area contributed by atoms with E-state index in [0.29, 0.717) is 6.07 Å². The van der Waals surface area contributed by atoms with Gasteiger partial charge in [0, 0.05) is 0 Å². The highest BCUT2D eigenvalue weighted by atomic mass is 35.5. The Morgan fingerprint density at radius 3 is 2.23 bits per heavy atom. The first-order chi connectivity index (χ1) is 5.95. The molecule has 1 N–H and O–H groups in total. The molecule has 13 heavy (non-hydrogen) atoms. The lowest BCUT2D eigenvalue weighted by Crippen LogP contribution is -2.00. The summed E-state index contributed by atoms with van der Waals surface area (Å²) in [7, 11) is 0. The zero-order chi connectivity index (χ0) is 10.2. The first-order valence-corrected chi connectivity index (χ1v) is 3.48. The fraction of sp³-hybridized carbons (Fsp3) is 0.143. The van der Waals surface area contributed by atoms with Crippen LogP contribution in [0.2, 0.25) is 5.02 Å². The Hall–Kier alpha value is -0.810. The number of benzene rings is 1. The highest BCUT2D eigenvalue weighted by Gasteiger charge is 2.21. The fourth-order valence-electron chi connectivity index (χ4n) is 0.765. The Kier molecular flexibility index (Phi) is 2.77. The number of alkyl halides is 1. The molecule has 0 aliphatic heterocycles. The molecule has 1 nitrogen and oxygen atoms in total. The number of halogens is 5. The Morgan fingerprint density at radius 1 is 1.23 bits per heavy atom. The molecule has 72 valence electrons. The summed E-state index contributed by atoms with van der Waals surface area (Å²) >= 11 is 4.97. The summed E-state index contributed by atoms with van der Waals surface area (Å²) in [6, 6.07) is 0.297. The summed E-state index contributed by atoms with van der Waals surface area (Å²) in [5, 5.41) is 7.19. The van der Waals surface area contributed by atoms with Crippen LogP contribution < -0.4 is 0 Å². The molecule has 0 saturated carbocycles.